The Bertz CT molecular complexity index is 946. The minimum Gasteiger partial charge on any atom is -0.467 e. The molecule has 0 unspecified atom stereocenters. The summed E-state index contributed by atoms with van der Waals surface area (Å²) in [5.41, 5.74) is -0.515. The van der Waals surface area contributed by atoms with Crippen molar-refractivity contribution >= 4 is 22.0 Å². The molecule has 28 heavy (non-hydrogen) atoms. The number of hydrogen-bond acceptors (Lipinski definition) is 8. The zero-order chi connectivity index (χ0) is 20.9. The van der Waals surface area contributed by atoms with Gasteiger partial charge in [-0.15, -0.1) is 4.98 Å². The Morgan fingerprint density at radius 1 is 1.07 bits per heavy atom. The van der Waals surface area contributed by atoms with E-state index in [4.69, 9.17) is 9.47 Å². The van der Waals surface area contributed by atoms with Gasteiger partial charge in [0.15, 0.2) is 0 Å². The van der Waals surface area contributed by atoms with Crippen LogP contribution in [0.4, 0.5) is 23.9 Å². The van der Waals surface area contributed by atoms with E-state index in [1.54, 1.807) is 4.72 Å². The molecule has 2 N–H and O–H groups in total. The molecule has 2 rings (SSSR count). The summed E-state index contributed by atoms with van der Waals surface area (Å²) in [5.74, 6) is -0.403. The summed E-state index contributed by atoms with van der Waals surface area (Å²) in [7, 11) is -2.14. The molecule has 0 saturated carbocycles. The number of alkyl halides is 3. The minimum absolute atomic E-state index is 0.222. The van der Waals surface area contributed by atoms with Crippen LogP contribution in [-0.4, -0.2) is 49.8 Å². The molecular formula is C14H14F3N5O5S. The number of hydrogen-bond donors (Lipinski definition) is 2. The Morgan fingerprint density at radius 2 is 1.64 bits per heavy atom. The normalized spacial score (nSPS) is 11.6. The highest BCUT2D eigenvalue weighted by atomic mass is 32.2. The highest BCUT2D eigenvalue weighted by molar-refractivity contribution is 7.90. The molecule has 0 radical (unpaired) electrons. The van der Waals surface area contributed by atoms with Gasteiger partial charge < -0.3 is 9.47 Å². The molecule has 0 saturated heterocycles. The van der Waals surface area contributed by atoms with Gasteiger partial charge in [0.1, 0.15) is 0 Å². The molecule has 0 aliphatic heterocycles. The third-order valence-electron chi connectivity index (χ3n) is 3.06. The largest absolute Gasteiger partial charge is 0.467 e. The van der Waals surface area contributed by atoms with Crippen molar-refractivity contribution < 1.29 is 35.9 Å². The number of methoxy groups -OCH3 is 2. The summed E-state index contributed by atoms with van der Waals surface area (Å²) in [6.45, 7) is 0. The number of benzene rings is 1. The number of carbonyl (C=O) groups is 1. The van der Waals surface area contributed by atoms with Gasteiger partial charge in [0.05, 0.1) is 25.5 Å². The number of rotatable bonds is 6. The van der Waals surface area contributed by atoms with Gasteiger partial charge in [0, 0.05) is 0 Å². The number of nitrogens with zero attached hydrogens (tertiary/aromatic N) is 3. The number of sulfonamides is 1. The zero-order valence-electron chi connectivity index (χ0n) is 14.4. The predicted octanol–water partition coefficient (Wildman–Crippen LogP) is 1.50. The van der Waals surface area contributed by atoms with E-state index in [-0.39, 0.29) is 12.0 Å². The first kappa shape index (κ1) is 21.1. The third kappa shape index (κ3) is 5.67. The number of halogens is 3. The molecule has 2 amide bonds. The summed E-state index contributed by atoms with van der Waals surface area (Å²) >= 11 is 0. The van der Waals surface area contributed by atoms with Crippen LogP contribution in [-0.2, 0) is 16.4 Å². The van der Waals surface area contributed by atoms with E-state index in [9.17, 15) is 26.4 Å². The van der Waals surface area contributed by atoms with Gasteiger partial charge in [-0.2, -0.15) is 23.1 Å². The van der Waals surface area contributed by atoms with Crippen molar-refractivity contribution in [3.8, 4) is 12.0 Å². The molecule has 0 atom stereocenters. The van der Waals surface area contributed by atoms with E-state index >= 15 is 0 Å². The monoisotopic (exact) mass is 421 g/mol. The topological polar surface area (TPSA) is 132 Å². The van der Waals surface area contributed by atoms with Crippen LogP contribution in [0, 0.1) is 0 Å². The van der Waals surface area contributed by atoms with Gasteiger partial charge in [-0.1, -0.05) is 18.2 Å². The van der Waals surface area contributed by atoms with E-state index in [0.717, 1.165) is 12.1 Å². The van der Waals surface area contributed by atoms with Gasteiger partial charge in [0.25, 0.3) is 10.0 Å². The first-order valence-corrected chi connectivity index (χ1v) is 8.85. The lowest BCUT2D eigenvalue weighted by molar-refractivity contribution is -0.127. The van der Waals surface area contributed by atoms with Crippen molar-refractivity contribution in [1.29, 1.82) is 0 Å². The molecule has 1 aromatic carbocycles. The Labute approximate surface area is 157 Å². The second-order valence-electron chi connectivity index (χ2n) is 5.09. The summed E-state index contributed by atoms with van der Waals surface area (Å²) in [5, 5.41) is 2.01. The SMILES string of the molecule is COc1nc(NC(=O)NS(=O)(=O)c2ccccc2CC(F)(F)F)nc(OC)n1. The number of aromatic nitrogens is 3. The lowest BCUT2D eigenvalue weighted by atomic mass is 10.1. The van der Waals surface area contributed by atoms with Gasteiger partial charge in [0.2, 0.25) is 5.95 Å². The highest BCUT2D eigenvalue weighted by Gasteiger charge is 2.31. The maximum absolute atomic E-state index is 12.7. The second-order valence-corrected chi connectivity index (χ2v) is 6.74. The molecule has 0 aliphatic carbocycles. The molecule has 2 aromatic rings. The summed E-state index contributed by atoms with van der Waals surface area (Å²) in [6, 6.07) is 2.68. The quantitative estimate of drug-likeness (QED) is 0.717. The summed E-state index contributed by atoms with van der Waals surface area (Å²) in [4.78, 5) is 22.3. The summed E-state index contributed by atoms with van der Waals surface area (Å²) < 4.78 is 73.8. The Hall–Kier alpha value is -3.16. The number of amides is 2. The number of nitrogens with one attached hydrogen (secondary N) is 2. The van der Waals surface area contributed by atoms with Crippen molar-refractivity contribution in [3.05, 3.63) is 29.8 Å². The fraction of sp³-hybridized carbons (Fsp3) is 0.286. The van der Waals surface area contributed by atoms with Crippen LogP contribution < -0.4 is 19.5 Å². The van der Waals surface area contributed by atoms with Crippen LogP contribution in [0.1, 0.15) is 5.56 Å². The van der Waals surface area contributed by atoms with Crippen molar-refractivity contribution in [2.45, 2.75) is 17.5 Å². The Kier molecular flexibility index (Phi) is 6.23. The van der Waals surface area contributed by atoms with E-state index in [1.165, 1.54) is 26.4 Å². The van der Waals surface area contributed by atoms with Crippen molar-refractivity contribution in [2.75, 3.05) is 19.5 Å². The predicted molar refractivity (Wildman–Crippen MR) is 88.5 cm³/mol. The van der Waals surface area contributed by atoms with Crippen LogP contribution in [0.25, 0.3) is 0 Å². The first-order chi connectivity index (χ1) is 13.0. The molecule has 152 valence electrons. The first-order valence-electron chi connectivity index (χ1n) is 7.36. The standard InChI is InChI=1S/C14H14F3N5O5S/c1-26-12-19-10(20-13(21-12)27-2)18-11(23)22-28(24,25)9-6-4-3-5-8(9)7-14(15,16)17/h3-6H,7H2,1-2H3,(H2,18,19,20,21,22,23). The van der Waals surface area contributed by atoms with Crippen LogP contribution >= 0.6 is 0 Å². The molecule has 0 bridgehead atoms. The smallest absolute Gasteiger partial charge is 0.393 e. The van der Waals surface area contributed by atoms with Gasteiger partial charge in [-0.05, 0) is 11.6 Å². The van der Waals surface area contributed by atoms with Crippen molar-refractivity contribution in [3.63, 3.8) is 0 Å². The fourth-order valence-electron chi connectivity index (χ4n) is 2.01. The maximum atomic E-state index is 12.7. The van der Waals surface area contributed by atoms with E-state index in [2.05, 4.69) is 15.0 Å². The molecule has 0 fully saturated rings. The number of urea groups is 1. The average Bonchev–Trinajstić information content (AvgIpc) is 2.59. The van der Waals surface area contributed by atoms with Crippen LogP contribution in [0.2, 0.25) is 0 Å². The zero-order valence-corrected chi connectivity index (χ0v) is 15.3. The number of ether oxygens (including phenoxy) is 2. The average molecular weight is 421 g/mol. The van der Waals surface area contributed by atoms with Crippen LogP contribution in [0.5, 0.6) is 12.0 Å². The van der Waals surface area contributed by atoms with E-state index < -0.39 is 45.1 Å². The highest BCUT2D eigenvalue weighted by Crippen LogP contribution is 2.25. The fourth-order valence-corrected chi connectivity index (χ4v) is 3.16. The molecule has 0 spiro atoms. The summed E-state index contributed by atoms with van der Waals surface area (Å²) in [6.07, 6.45) is -6.11. The molecular weight excluding hydrogens is 407 g/mol. The molecule has 0 aliphatic rings. The van der Waals surface area contributed by atoms with Crippen molar-refractivity contribution in [1.82, 2.24) is 19.7 Å². The molecule has 10 nitrogen and oxygen atoms in total. The Morgan fingerprint density at radius 3 is 2.18 bits per heavy atom. The van der Waals surface area contributed by atoms with E-state index in [0.29, 0.717) is 0 Å². The maximum Gasteiger partial charge on any atom is 0.393 e. The molecule has 14 heteroatoms. The third-order valence-corrected chi connectivity index (χ3v) is 4.50. The van der Waals surface area contributed by atoms with Gasteiger partial charge in [-0.25, -0.2) is 17.9 Å². The van der Waals surface area contributed by atoms with Crippen LogP contribution in [0.3, 0.4) is 0 Å². The van der Waals surface area contributed by atoms with Crippen LogP contribution in [0.15, 0.2) is 29.2 Å². The van der Waals surface area contributed by atoms with E-state index in [1.807, 2.05) is 5.32 Å². The van der Waals surface area contributed by atoms with Crippen molar-refractivity contribution in [2.24, 2.45) is 0 Å². The molecule has 1 aromatic heterocycles. The second kappa shape index (κ2) is 8.24. The van der Waals surface area contributed by atoms with Gasteiger partial charge >= 0.3 is 24.2 Å². The molecule has 1 heterocycles. The lowest BCUT2D eigenvalue weighted by Gasteiger charge is -2.13. The Balaban J connectivity index is 2.22. The van der Waals surface area contributed by atoms with Gasteiger partial charge in [-0.3, -0.25) is 5.32 Å². The number of anilines is 1. The lowest BCUT2D eigenvalue weighted by Crippen LogP contribution is -2.35. The minimum atomic E-state index is -4.63. The number of carbonyl (C=O) groups excluding carboxylic acids is 1.